The van der Waals surface area contributed by atoms with Gasteiger partial charge in [0.05, 0.1) is 7.11 Å². The number of hydrogen-bond acceptors (Lipinski definition) is 3. The average Bonchev–Trinajstić information content (AvgIpc) is 2.12. The van der Waals surface area contributed by atoms with Gasteiger partial charge in [-0.2, -0.15) is 5.06 Å². The van der Waals surface area contributed by atoms with E-state index in [0.29, 0.717) is 12.8 Å². The molecule has 0 aromatic carbocycles. The number of carbonyl (C=O) groups is 1. The number of hydrogen-bond donors (Lipinski definition) is 1. The normalized spacial score (nSPS) is 27.6. The Morgan fingerprint density at radius 3 is 2.78 bits per heavy atom. The Balaban J connectivity index is 2.55. The highest BCUT2D eigenvalue weighted by atomic mass is 16.7. The van der Waals surface area contributed by atoms with Crippen LogP contribution in [-0.4, -0.2) is 29.4 Å². The van der Waals surface area contributed by atoms with Gasteiger partial charge in [0.1, 0.15) is 0 Å². The van der Waals surface area contributed by atoms with Gasteiger partial charge in [0, 0.05) is 12.8 Å². The standard InChI is InChI=1S/C5H9NO3/c1-9-6-4(7)2-3-5(6)8/h4,7H,2-3H2,1H3. The second-order valence-electron chi connectivity index (χ2n) is 1.92. The molecule has 0 aliphatic carbocycles. The Kier molecular flexibility index (Phi) is 1.68. The van der Waals surface area contributed by atoms with Crippen LogP contribution in [0.5, 0.6) is 0 Å². The molecule has 0 saturated carbocycles. The molecule has 1 saturated heterocycles. The van der Waals surface area contributed by atoms with Gasteiger partial charge in [0.2, 0.25) is 5.91 Å². The van der Waals surface area contributed by atoms with Gasteiger partial charge >= 0.3 is 0 Å². The quantitative estimate of drug-likeness (QED) is 0.521. The van der Waals surface area contributed by atoms with E-state index in [1.54, 1.807) is 0 Å². The van der Waals surface area contributed by atoms with E-state index >= 15 is 0 Å². The topological polar surface area (TPSA) is 49.8 Å². The first-order valence-electron chi connectivity index (χ1n) is 2.80. The third-order valence-electron chi connectivity index (χ3n) is 1.33. The molecule has 9 heavy (non-hydrogen) atoms. The van der Waals surface area contributed by atoms with Crippen LogP contribution < -0.4 is 0 Å². The van der Waals surface area contributed by atoms with E-state index in [-0.39, 0.29) is 5.91 Å². The van der Waals surface area contributed by atoms with E-state index in [9.17, 15) is 4.79 Å². The van der Waals surface area contributed by atoms with Crippen molar-refractivity contribution in [2.45, 2.75) is 19.1 Å². The minimum atomic E-state index is -0.734. The molecule has 4 heteroatoms. The van der Waals surface area contributed by atoms with Crippen molar-refractivity contribution >= 4 is 5.91 Å². The maximum Gasteiger partial charge on any atom is 0.248 e. The fraction of sp³-hybridized carbons (Fsp3) is 0.800. The monoisotopic (exact) mass is 131 g/mol. The van der Waals surface area contributed by atoms with Gasteiger partial charge < -0.3 is 5.11 Å². The Morgan fingerprint density at radius 1 is 1.89 bits per heavy atom. The van der Waals surface area contributed by atoms with Crippen molar-refractivity contribution in [1.82, 2.24) is 5.06 Å². The Hall–Kier alpha value is -0.610. The van der Waals surface area contributed by atoms with E-state index in [1.807, 2.05) is 0 Å². The molecule has 0 aromatic heterocycles. The van der Waals surface area contributed by atoms with Crippen LogP contribution in [0.1, 0.15) is 12.8 Å². The lowest BCUT2D eigenvalue weighted by Crippen LogP contribution is -2.31. The molecule has 0 bridgehead atoms. The number of carbonyl (C=O) groups excluding carboxylic acids is 1. The molecule has 1 aliphatic rings. The lowest BCUT2D eigenvalue weighted by molar-refractivity contribution is -0.205. The first kappa shape index (κ1) is 6.51. The minimum absolute atomic E-state index is 0.148. The van der Waals surface area contributed by atoms with Crippen molar-refractivity contribution in [2.75, 3.05) is 7.11 Å². The van der Waals surface area contributed by atoms with Gasteiger partial charge in [-0.15, -0.1) is 0 Å². The third kappa shape index (κ3) is 1.04. The number of aliphatic hydroxyl groups is 1. The van der Waals surface area contributed by atoms with Crippen LogP contribution >= 0.6 is 0 Å². The van der Waals surface area contributed by atoms with Crippen molar-refractivity contribution < 1.29 is 14.7 Å². The van der Waals surface area contributed by atoms with Gasteiger partial charge in [-0.05, 0) is 0 Å². The van der Waals surface area contributed by atoms with Gasteiger partial charge in [-0.3, -0.25) is 9.63 Å². The summed E-state index contributed by atoms with van der Waals surface area (Å²) < 4.78 is 0. The van der Waals surface area contributed by atoms with E-state index < -0.39 is 6.23 Å². The molecule has 1 rings (SSSR count). The van der Waals surface area contributed by atoms with Crippen molar-refractivity contribution in [2.24, 2.45) is 0 Å². The van der Waals surface area contributed by atoms with Crippen molar-refractivity contribution in [3.63, 3.8) is 0 Å². The number of hydroxylamine groups is 2. The molecule has 1 fully saturated rings. The Bertz CT molecular complexity index is 125. The van der Waals surface area contributed by atoms with E-state index in [4.69, 9.17) is 5.11 Å². The summed E-state index contributed by atoms with van der Waals surface area (Å²) in [6.07, 6.45) is 0.129. The second kappa shape index (κ2) is 2.33. The fourth-order valence-electron chi connectivity index (χ4n) is 0.870. The number of amides is 1. The smallest absolute Gasteiger partial charge is 0.248 e. The molecular weight excluding hydrogens is 122 g/mol. The van der Waals surface area contributed by atoms with E-state index in [1.165, 1.54) is 7.11 Å². The molecule has 1 aliphatic heterocycles. The van der Waals surface area contributed by atoms with Crippen LogP contribution in [0.15, 0.2) is 0 Å². The summed E-state index contributed by atoms with van der Waals surface area (Å²) in [5.41, 5.74) is 0. The van der Waals surface area contributed by atoms with Crippen LogP contribution in [0.3, 0.4) is 0 Å². The highest BCUT2D eigenvalue weighted by Crippen LogP contribution is 2.14. The maximum atomic E-state index is 10.7. The largest absolute Gasteiger partial charge is 0.371 e. The van der Waals surface area contributed by atoms with Crippen molar-refractivity contribution in [3.05, 3.63) is 0 Å². The van der Waals surface area contributed by atoms with E-state index in [0.717, 1.165) is 5.06 Å². The van der Waals surface area contributed by atoms with Crippen molar-refractivity contribution in [3.8, 4) is 0 Å². The molecule has 52 valence electrons. The van der Waals surface area contributed by atoms with E-state index in [2.05, 4.69) is 4.84 Å². The molecule has 0 spiro atoms. The van der Waals surface area contributed by atoms with Gasteiger partial charge in [-0.1, -0.05) is 0 Å². The maximum absolute atomic E-state index is 10.7. The van der Waals surface area contributed by atoms with Gasteiger partial charge in [0.15, 0.2) is 6.23 Å². The summed E-state index contributed by atoms with van der Waals surface area (Å²) in [7, 11) is 1.37. The molecule has 1 N–H and O–H groups in total. The molecule has 1 unspecified atom stereocenters. The number of rotatable bonds is 1. The van der Waals surface area contributed by atoms with Gasteiger partial charge in [0.25, 0.3) is 0 Å². The SMILES string of the molecule is CON1C(=O)CCC1O. The fourth-order valence-corrected chi connectivity index (χ4v) is 0.870. The summed E-state index contributed by atoms with van der Waals surface area (Å²) in [5, 5.41) is 9.93. The molecule has 0 radical (unpaired) electrons. The van der Waals surface area contributed by atoms with Crippen molar-refractivity contribution in [1.29, 1.82) is 0 Å². The Labute approximate surface area is 53.0 Å². The zero-order valence-electron chi connectivity index (χ0n) is 5.20. The molecule has 1 atom stereocenters. The summed E-state index contributed by atoms with van der Waals surface area (Å²) in [4.78, 5) is 15.2. The lowest BCUT2D eigenvalue weighted by atomic mass is 10.4. The summed E-state index contributed by atoms with van der Waals surface area (Å²) in [5.74, 6) is -0.148. The first-order valence-corrected chi connectivity index (χ1v) is 2.80. The van der Waals surface area contributed by atoms with Crippen LogP contribution in [0.25, 0.3) is 0 Å². The Morgan fingerprint density at radius 2 is 2.56 bits per heavy atom. The summed E-state index contributed by atoms with van der Waals surface area (Å²) in [6.45, 7) is 0. The first-order chi connectivity index (χ1) is 4.25. The highest BCUT2D eigenvalue weighted by Gasteiger charge is 2.29. The van der Waals surface area contributed by atoms with Crippen LogP contribution in [-0.2, 0) is 9.63 Å². The van der Waals surface area contributed by atoms with Gasteiger partial charge in [-0.25, -0.2) is 0 Å². The average molecular weight is 131 g/mol. The molecule has 4 nitrogen and oxygen atoms in total. The molecule has 1 heterocycles. The highest BCUT2D eigenvalue weighted by molar-refractivity contribution is 5.77. The van der Waals surface area contributed by atoms with Crippen LogP contribution in [0.4, 0.5) is 0 Å². The predicted octanol–water partition coefficient (Wildman–Crippen LogP) is -0.511. The zero-order valence-corrected chi connectivity index (χ0v) is 5.20. The molecule has 0 aromatic rings. The zero-order chi connectivity index (χ0) is 6.85. The lowest BCUT2D eigenvalue weighted by Gasteiger charge is -2.15. The predicted molar refractivity (Wildman–Crippen MR) is 29.1 cm³/mol. The van der Waals surface area contributed by atoms with Crippen LogP contribution in [0.2, 0.25) is 0 Å². The minimum Gasteiger partial charge on any atom is -0.371 e. The molecule has 1 amide bonds. The second-order valence-corrected chi connectivity index (χ2v) is 1.92. The molecular formula is C5H9NO3. The third-order valence-corrected chi connectivity index (χ3v) is 1.33. The van der Waals surface area contributed by atoms with Crippen LogP contribution in [0, 0.1) is 0 Å². The number of aliphatic hydroxyl groups excluding tert-OH is 1. The summed E-state index contributed by atoms with van der Waals surface area (Å²) in [6, 6.07) is 0. The summed E-state index contributed by atoms with van der Waals surface area (Å²) >= 11 is 0. The number of nitrogens with zero attached hydrogens (tertiary/aromatic N) is 1.